The summed E-state index contributed by atoms with van der Waals surface area (Å²) in [5.41, 5.74) is -0.123. The van der Waals surface area contributed by atoms with Crippen molar-refractivity contribution in [1.29, 1.82) is 0 Å². The van der Waals surface area contributed by atoms with E-state index in [1.165, 1.54) is 21.3 Å². The number of aliphatic hydroxyl groups is 2. The van der Waals surface area contributed by atoms with E-state index in [4.69, 9.17) is 28.4 Å². The van der Waals surface area contributed by atoms with Gasteiger partial charge in [0.05, 0.1) is 31.0 Å². The van der Waals surface area contributed by atoms with Crippen LogP contribution < -0.4 is 5.32 Å². The summed E-state index contributed by atoms with van der Waals surface area (Å²) in [5.74, 6) is -2.96. The third-order valence-electron chi connectivity index (χ3n) is 7.91. The highest BCUT2D eigenvalue weighted by Gasteiger charge is 2.52. The van der Waals surface area contributed by atoms with Gasteiger partial charge in [-0.3, -0.25) is 4.79 Å². The highest BCUT2D eigenvalue weighted by Crippen LogP contribution is 2.41. The summed E-state index contributed by atoms with van der Waals surface area (Å²) in [6.45, 7) is 9.66. The van der Waals surface area contributed by atoms with Crippen LogP contribution in [0.1, 0.15) is 47.0 Å². The van der Waals surface area contributed by atoms with Gasteiger partial charge in [0.25, 0.3) is 5.91 Å². The quantitative estimate of drug-likeness (QED) is 0.239. The van der Waals surface area contributed by atoms with Gasteiger partial charge in [0.1, 0.15) is 12.7 Å². The second-order valence-electron chi connectivity index (χ2n) is 11.0. The topological polar surface area (TPSA) is 125 Å². The van der Waals surface area contributed by atoms with E-state index in [0.717, 1.165) is 0 Å². The summed E-state index contributed by atoms with van der Waals surface area (Å²) in [4.78, 5) is 13.2. The van der Waals surface area contributed by atoms with Crippen LogP contribution in [0.3, 0.4) is 0 Å². The Morgan fingerprint density at radius 3 is 2.41 bits per heavy atom. The van der Waals surface area contributed by atoms with E-state index in [-0.39, 0.29) is 31.8 Å². The van der Waals surface area contributed by atoms with E-state index in [0.29, 0.717) is 5.57 Å². The number of rotatable bonds is 12. The average molecular weight is 572 g/mol. The summed E-state index contributed by atoms with van der Waals surface area (Å²) in [6, 6.07) is 0. The number of hydrogen-bond acceptors (Lipinski definition) is 9. The molecule has 2 aliphatic heterocycles. The molecule has 9 atom stereocenters. The van der Waals surface area contributed by atoms with Gasteiger partial charge >= 0.3 is 6.18 Å². The van der Waals surface area contributed by atoms with E-state index in [1.54, 1.807) is 20.8 Å². The first-order valence-electron chi connectivity index (χ1n) is 12.9. The first-order chi connectivity index (χ1) is 18.0. The van der Waals surface area contributed by atoms with Crippen molar-refractivity contribution in [2.75, 3.05) is 34.5 Å². The standard InChI is InChI=1S/C26H44F3NO9/c1-14-11-25(36-8,39-16(3)15(14)2)21(32)22(33)30-23(37-13-26(27,28)29)18-10-19(31)24(4,5)20(38-18)9-17(35-7)12-34-6/h15-21,23,31-32H,1,9-13H2,2-8H3,(H,30,33)/t15-,16-,17+,18+,19-,20-,21-,23+,25-/m1/s1. The monoisotopic (exact) mass is 571 g/mol. The van der Waals surface area contributed by atoms with E-state index in [9.17, 15) is 28.2 Å². The van der Waals surface area contributed by atoms with Gasteiger partial charge in [0.2, 0.25) is 5.79 Å². The fraction of sp³-hybridized carbons (Fsp3) is 0.885. The minimum atomic E-state index is -4.71. The molecule has 0 aliphatic carbocycles. The van der Waals surface area contributed by atoms with Crippen LogP contribution in [-0.2, 0) is 33.2 Å². The molecule has 0 aromatic rings. The number of amides is 1. The maximum Gasteiger partial charge on any atom is 0.411 e. The molecule has 10 nitrogen and oxygen atoms in total. The molecule has 2 aliphatic rings. The molecule has 2 fully saturated rings. The summed E-state index contributed by atoms with van der Waals surface area (Å²) in [6.07, 6.45) is -12.0. The van der Waals surface area contributed by atoms with Crippen LogP contribution in [0.25, 0.3) is 0 Å². The fourth-order valence-corrected chi connectivity index (χ4v) is 4.90. The van der Waals surface area contributed by atoms with Crippen LogP contribution in [-0.4, -0.2) is 105 Å². The molecule has 0 spiro atoms. The zero-order valence-electron chi connectivity index (χ0n) is 23.7. The molecule has 0 aromatic carbocycles. The summed E-state index contributed by atoms with van der Waals surface area (Å²) < 4.78 is 72.4. The van der Waals surface area contributed by atoms with Gasteiger partial charge in [-0.05, 0) is 6.92 Å². The Hall–Kier alpha value is -1.32. The number of halogens is 3. The van der Waals surface area contributed by atoms with Crippen molar-refractivity contribution < 1.29 is 56.6 Å². The molecule has 13 heteroatoms. The number of alkyl halides is 3. The number of carbonyl (C=O) groups is 1. The number of carbonyl (C=O) groups excluding carboxylic acids is 1. The van der Waals surface area contributed by atoms with Crippen molar-refractivity contribution in [1.82, 2.24) is 5.32 Å². The third-order valence-corrected chi connectivity index (χ3v) is 7.91. The molecule has 2 heterocycles. The molecular formula is C26H44F3NO9. The van der Waals surface area contributed by atoms with Crippen molar-refractivity contribution in [2.45, 2.75) is 102 Å². The van der Waals surface area contributed by atoms with Gasteiger partial charge in [0, 0.05) is 51.9 Å². The molecule has 39 heavy (non-hydrogen) atoms. The van der Waals surface area contributed by atoms with Gasteiger partial charge in [-0.25, -0.2) is 0 Å². The molecule has 1 amide bonds. The Kier molecular flexibility index (Phi) is 11.8. The fourth-order valence-electron chi connectivity index (χ4n) is 4.90. The third kappa shape index (κ3) is 8.35. The number of aliphatic hydroxyl groups excluding tert-OH is 2. The second-order valence-corrected chi connectivity index (χ2v) is 11.0. The lowest BCUT2D eigenvalue weighted by Crippen LogP contribution is -2.62. The van der Waals surface area contributed by atoms with Crippen LogP contribution in [0.2, 0.25) is 0 Å². The molecule has 228 valence electrons. The number of methoxy groups -OCH3 is 3. The zero-order valence-corrected chi connectivity index (χ0v) is 23.7. The van der Waals surface area contributed by atoms with Crippen molar-refractivity contribution >= 4 is 5.91 Å². The van der Waals surface area contributed by atoms with Gasteiger partial charge in [-0.1, -0.05) is 32.9 Å². The van der Waals surface area contributed by atoms with Gasteiger partial charge < -0.3 is 44.0 Å². The Bertz CT molecular complexity index is 827. The molecule has 0 aromatic heterocycles. The smallest absolute Gasteiger partial charge is 0.392 e. The molecular weight excluding hydrogens is 527 g/mol. The Morgan fingerprint density at radius 2 is 1.90 bits per heavy atom. The lowest BCUT2D eigenvalue weighted by molar-refractivity contribution is -0.298. The Balaban J connectivity index is 2.30. The largest absolute Gasteiger partial charge is 0.411 e. The number of ether oxygens (including phenoxy) is 6. The normalized spacial score (nSPS) is 33.8. The zero-order chi connectivity index (χ0) is 29.8. The molecule has 0 bridgehead atoms. The summed E-state index contributed by atoms with van der Waals surface area (Å²) >= 11 is 0. The SMILES string of the molecule is C=C1C[C@](OC)([C@H](O)C(=O)N[C@@H](OCC(F)(F)F)[C@@H]2C[C@@H](O)C(C)(C)[C@@H](C[C@@H](COC)OC)O2)O[C@H](C)[C@@H]1C. The van der Waals surface area contributed by atoms with Crippen LogP contribution >= 0.6 is 0 Å². The minimum Gasteiger partial charge on any atom is -0.392 e. The van der Waals surface area contributed by atoms with Crippen LogP contribution in [0.5, 0.6) is 0 Å². The predicted molar refractivity (Wildman–Crippen MR) is 134 cm³/mol. The molecule has 2 rings (SSSR count). The van der Waals surface area contributed by atoms with Gasteiger partial charge in [-0.2, -0.15) is 13.2 Å². The summed E-state index contributed by atoms with van der Waals surface area (Å²) in [7, 11) is 4.24. The lowest BCUT2D eigenvalue weighted by atomic mass is 9.74. The molecule has 2 saturated heterocycles. The maximum absolute atomic E-state index is 13.2. The molecule has 3 N–H and O–H groups in total. The molecule has 0 unspecified atom stereocenters. The predicted octanol–water partition coefficient (Wildman–Crippen LogP) is 2.31. The second kappa shape index (κ2) is 13.6. The number of hydrogen-bond donors (Lipinski definition) is 3. The van der Waals surface area contributed by atoms with Crippen molar-refractivity contribution in [3.8, 4) is 0 Å². The highest BCUT2D eigenvalue weighted by atomic mass is 19.4. The Labute approximate surface area is 228 Å². The van der Waals surface area contributed by atoms with E-state index < -0.39 is 72.7 Å². The summed E-state index contributed by atoms with van der Waals surface area (Å²) in [5, 5.41) is 24.2. The van der Waals surface area contributed by atoms with Crippen LogP contribution in [0.15, 0.2) is 12.2 Å². The van der Waals surface area contributed by atoms with Crippen molar-refractivity contribution in [3.05, 3.63) is 12.2 Å². The van der Waals surface area contributed by atoms with Crippen molar-refractivity contribution in [2.24, 2.45) is 11.3 Å². The van der Waals surface area contributed by atoms with E-state index >= 15 is 0 Å². The maximum atomic E-state index is 13.2. The van der Waals surface area contributed by atoms with Gasteiger partial charge in [-0.15, -0.1) is 0 Å². The van der Waals surface area contributed by atoms with Crippen LogP contribution in [0.4, 0.5) is 13.2 Å². The Morgan fingerprint density at radius 1 is 1.26 bits per heavy atom. The lowest BCUT2D eigenvalue weighted by Gasteiger charge is -2.48. The first-order valence-corrected chi connectivity index (χ1v) is 12.9. The van der Waals surface area contributed by atoms with E-state index in [1.807, 2.05) is 6.92 Å². The molecule has 0 radical (unpaired) electrons. The first kappa shape index (κ1) is 33.9. The highest BCUT2D eigenvalue weighted by molar-refractivity contribution is 5.82. The van der Waals surface area contributed by atoms with Crippen LogP contribution in [0, 0.1) is 11.3 Å². The minimum absolute atomic E-state index is 0.00944. The number of nitrogens with one attached hydrogen (secondary N) is 1. The average Bonchev–Trinajstić information content (AvgIpc) is 2.85. The molecule has 0 saturated carbocycles. The van der Waals surface area contributed by atoms with Gasteiger partial charge in [0.15, 0.2) is 12.3 Å². The van der Waals surface area contributed by atoms with Crippen molar-refractivity contribution in [3.63, 3.8) is 0 Å². The van der Waals surface area contributed by atoms with E-state index in [2.05, 4.69) is 11.9 Å².